The fourth-order valence-electron chi connectivity index (χ4n) is 3.55. The van der Waals surface area contributed by atoms with Crippen LogP contribution in [0.2, 0.25) is 5.02 Å². The van der Waals surface area contributed by atoms with Crippen molar-refractivity contribution in [2.45, 2.75) is 19.4 Å². The van der Waals surface area contributed by atoms with E-state index in [2.05, 4.69) is 5.32 Å². The zero-order valence-corrected chi connectivity index (χ0v) is 19.8. The van der Waals surface area contributed by atoms with Crippen LogP contribution in [-0.2, 0) is 28.0 Å². The van der Waals surface area contributed by atoms with Gasteiger partial charge in [0.2, 0.25) is 5.91 Å². The van der Waals surface area contributed by atoms with Crippen LogP contribution in [0.4, 0.5) is 0 Å². The Morgan fingerprint density at radius 2 is 1.78 bits per heavy atom. The van der Waals surface area contributed by atoms with Gasteiger partial charge in [0.05, 0.1) is 20.8 Å². The van der Waals surface area contributed by atoms with Crippen LogP contribution in [0.25, 0.3) is 0 Å². The maximum absolute atomic E-state index is 13.0. The van der Waals surface area contributed by atoms with Gasteiger partial charge in [0.1, 0.15) is 0 Å². The Kier molecular flexibility index (Phi) is 8.36. The van der Waals surface area contributed by atoms with Gasteiger partial charge in [-0.25, -0.2) is 0 Å². The summed E-state index contributed by atoms with van der Waals surface area (Å²) in [6, 6.07) is 12.7. The first kappa shape index (κ1) is 24.3. The normalized spacial score (nSPS) is 16.5. The second-order valence-electron chi connectivity index (χ2n) is 7.41. The summed E-state index contributed by atoms with van der Waals surface area (Å²) in [6.45, 7) is 1.05. The SMILES string of the molecule is COc1ccc(CCNC(=O)CN2CCCN(Cc3ccccc3Cl)S2(=O)=O)cc1OC. The van der Waals surface area contributed by atoms with E-state index in [1.807, 2.05) is 24.3 Å². The number of amides is 1. The van der Waals surface area contributed by atoms with Crippen LogP contribution in [0.15, 0.2) is 42.5 Å². The molecular formula is C22H28ClN3O5S. The van der Waals surface area contributed by atoms with Gasteiger partial charge in [0.25, 0.3) is 10.2 Å². The first-order chi connectivity index (χ1) is 15.3. The number of nitrogens with one attached hydrogen (secondary N) is 1. The number of nitrogens with zero attached hydrogens (tertiary/aromatic N) is 2. The van der Waals surface area contributed by atoms with Gasteiger partial charge < -0.3 is 14.8 Å². The Morgan fingerprint density at radius 1 is 1.06 bits per heavy atom. The summed E-state index contributed by atoms with van der Waals surface area (Å²) in [5, 5.41) is 3.32. The van der Waals surface area contributed by atoms with Crippen LogP contribution in [0.5, 0.6) is 11.5 Å². The van der Waals surface area contributed by atoms with Crippen molar-refractivity contribution >= 4 is 27.7 Å². The third-order valence-electron chi connectivity index (χ3n) is 5.28. The maximum Gasteiger partial charge on any atom is 0.282 e. The first-order valence-corrected chi connectivity index (χ1v) is 12.1. The molecule has 1 fully saturated rings. The summed E-state index contributed by atoms with van der Waals surface area (Å²) >= 11 is 6.19. The number of halogens is 1. The molecule has 0 bridgehead atoms. The number of rotatable bonds is 9. The lowest BCUT2D eigenvalue weighted by Gasteiger charge is -2.34. The summed E-state index contributed by atoms with van der Waals surface area (Å²) < 4.78 is 39.1. The van der Waals surface area contributed by atoms with Crippen molar-refractivity contribution in [3.63, 3.8) is 0 Å². The van der Waals surface area contributed by atoms with E-state index < -0.39 is 10.2 Å². The second-order valence-corrected chi connectivity index (χ2v) is 9.74. The van der Waals surface area contributed by atoms with Crippen molar-refractivity contribution in [3.8, 4) is 11.5 Å². The zero-order chi connectivity index (χ0) is 23.1. The predicted octanol–water partition coefficient (Wildman–Crippen LogP) is 2.47. The quantitative estimate of drug-likeness (QED) is 0.594. The number of ether oxygens (including phenoxy) is 2. The van der Waals surface area contributed by atoms with Gasteiger partial charge in [-0.1, -0.05) is 35.9 Å². The molecule has 0 aliphatic carbocycles. The highest BCUT2D eigenvalue weighted by molar-refractivity contribution is 7.86. The Balaban J connectivity index is 1.54. The molecule has 1 aliphatic heterocycles. The average molecular weight is 482 g/mol. The Morgan fingerprint density at radius 3 is 2.50 bits per heavy atom. The van der Waals surface area contributed by atoms with Crippen molar-refractivity contribution in [1.82, 2.24) is 13.9 Å². The van der Waals surface area contributed by atoms with Gasteiger partial charge in [-0.05, 0) is 42.2 Å². The predicted molar refractivity (Wildman–Crippen MR) is 123 cm³/mol. The van der Waals surface area contributed by atoms with Crippen molar-refractivity contribution in [2.24, 2.45) is 0 Å². The molecule has 1 N–H and O–H groups in total. The number of benzene rings is 2. The molecule has 174 valence electrons. The minimum Gasteiger partial charge on any atom is -0.493 e. The first-order valence-electron chi connectivity index (χ1n) is 10.3. The van der Waals surface area contributed by atoms with Crippen LogP contribution in [0.1, 0.15) is 17.5 Å². The molecule has 3 rings (SSSR count). The minimum absolute atomic E-state index is 0.180. The number of carbonyl (C=O) groups excluding carboxylic acids is 1. The molecule has 1 aliphatic rings. The number of methoxy groups -OCH3 is 2. The molecule has 32 heavy (non-hydrogen) atoms. The van der Waals surface area contributed by atoms with Crippen LogP contribution < -0.4 is 14.8 Å². The molecule has 0 spiro atoms. The summed E-state index contributed by atoms with van der Waals surface area (Å²) in [7, 11) is -0.613. The summed E-state index contributed by atoms with van der Waals surface area (Å²) in [5.41, 5.74) is 1.71. The summed E-state index contributed by atoms with van der Waals surface area (Å²) in [5.74, 6) is 0.917. The van der Waals surface area contributed by atoms with Gasteiger partial charge in [-0.2, -0.15) is 17.0 Å². The minimum atomic E-state index is -3.75. The molecule has 1 amide bonds. The van der Waals surface area contributed by atoms with E-state index in [1.165, 1.54) is 8.61 Å². The molecule has 0 unspecified atom stereocenters. The highest BCUT2D eigenvalue weighted by Crippen LogP contribution is 2.27. The zero-order valence-electron chi connectivity index (χ0n) is 18.2. The highest BCUT2D eigenvalue weighted by Gasteiger charge is 2.34. The van der Waals surface area contributed by atoms with Gasteiger partial charge in [0, 0.05) is 31.2 Å². The van der Waals surface area contributed by atoms with Crippen molar-refractivity contribution in [2.75, 3.05) is 40.4 Å². The topological polar surface area (TPSA) is 88.2 Å². The van der Waals surface area contributed by atoms with E-state index in [-0.39, 0.29) is 19.0 Å². The molecule has 0 saturated carbocycles. The van der Waals surface area contributed by atoms with E-state index in [0.29, 0.717) is 49.0 Å². The lowest BCUT2D eigenvalue weighted by atomic mass is 10.1. The van der Waals surface area contributed by atoms with E-state index in [1.54, 1.807) is 32.4 Å². The third kappa shape index (κ3) is 5.92. The largest absolute Gasteiger partial charge is 0.493 e. The third-order valence-corrected chi connectivity index (χ3v) is 7.57. The van der Waals surface area contributed by atoms with Gasteiger partial charge in [-0.15, -0.1) is 0 Å². The Labute approximate surface area is 194 Å². The molecule has 0 atom stereocenters. The van der Waals surface area contributed by atoms with Crippen LogP contribution in [0, 0.1) is 0 Å². The fraction of sp³-hybridized carbons (Fsp3) is 0.409. The molecule has 10 heteroatoms. The molecule has 2 aromatic rings. The summed E-state index contributed by atoms with van der Waals surface area (Å²) in [6.07, 6.45) is 1.22. The standard InChI is InChI=1S/C22H28ClN3O5S/c1-30-20-9-8-17(14-21(20)31-2)10-11-24-22(27)16-26-13-5-12-25(32(26,28)29)15-18-6-3-4-7-19(18)23/h3-4,6-9,14H,5,10-13,15-16H2,1-2H3,(H,24,27). The van der Waals surface area contributed by atoms with Crippen LogP contribution >= 0.6 is 11.6 Å². The van der Waals surface area contributed by atoms with Gasteiger partial charge in [-0.3, -0.25) is 4.79 Å². The van der Waals surface area contributed by atoms with E-state index in [0.717, 1.165) is 11.1 Å². The molecular weight excluding hydrogens is 454 g/mol. The van der Waals surface area contributed by atoms with Crippen molar-refractivity contribution < 1.29 is 22.7 Å². The lowest BCUT2D eigenvalue weighted by Crippen LogP contribution is -2.52. The average Bonchev–Trinajstić information content (AvgIpc) is 2.78. The fourth-order valence-corrected chi connectivity index (χ4v) is 5.38. The van der Waals surface area contributed by atoms with E-state index >= 15 is 0 Å². The summed E-state index contributed by atoms with van der Waals surface area (Å²) in [4.78, 5) is 12.4. The smallest absolute Gasteiger partial charge is 0.282 e. The second kappa shape index (κ2) is 11.0. The molecule has 1 heterocycles. The molecule has 8 nitrogen and oxygen atoms in total. The number of hydrogen-bond donors (Lipinski definition) is 1. The number of hydrogen-bond acceptors (Lipinski definition) is 5. The molecule has 0 aromatic heterocycles. The van der Waals surface area contributed by atoms with Crippen LogP contribution in [0.3, 0.4) is 0 Å². The lowest BCUT2D eigenvalue weighted by molar-refractivity contribution is -0.121. The van der Waals surface area contributed by atoms with Gasteiger partial charge in [0.15, 0.2) is 11.5 Å². The Hall–Kier alpha value is -2.33. The highest BCUT2D eigenvalue weighted by atomic mass is 35.5. The van der Waals surface area contributed by atoms with E-state index in [4.69, 9.17) is 21.1 Å². The molecule has 0 radical (unpaired) electrons. The maximum atomic E-state index is 13.0. The Bertz CT molecular complexity index is 1050. The van der Waals surface area contributed by atoms with Crippen molar-refractivity contribution in [3.05, 3.63) is 58.6 Å². The monoisotopic (exact) mass is 481 g/mol. The molecule has 2 aromatic carbocycles. The molecule has 1 saturated heterocycles. The van der Waals surface area contributed by atoms with Crippen LogP contribution in [-0.4, -0.2) is 63.3 Å². The van der Waals surface area contributed by atoms with Gasteiger partial charge >= 0.3 is 0 Å². The number of carbonyl (C=O) groups is 1. The van der Waals surface area contributed by atoms with E-state index in [9.17, 15) is 13.2 Å². The van der Waals surface area contributed by atoms with Crippen molar-refractivity contribution in [1.29, 1.82) is 0 Å².